The maximum Gasteiger partial charge on any atom is 0.323 e. The fourth-order valence-electron chi connectivity index (χ4n) is 1.85. The lowest BCUT2D eigenvalue weighted by Crippen LogP contribution is -2.52. The third kappa shape index (κ3) is 2.00. The van der Waals surface area contributed by atoms with Crippen LogP contribution in [0, 0.1) is 0 Å². The van der Waals surface area contributed by atoms with Crippen molar-refractivity contribution in [2.24, 2.45) is 0 Å². The molecule has 0 amide bonds. The number of nitrogens with zero attached hydrogens (tertiary/aromatic N) is 1. The Hall–Kier alpha value is -0.610. The molecule has 0 aromatic carbocycles. The van der Waals surface area contributed by atoms with E-state index in [0.717, 1.165) is 32.5 Å². The molecule has 1 atom stereocenters. The van der Waals surface area contributed by atoms with Gasteiger partial charge in [-0.15, -0.1) is 0 Å². The molecule has 1 N–H and O–H groups in total. The van der Waals surface area contributed by atoms with E-state index in [2.05, 4.69) is 10.2 Å². The third-order valence-corrected chi connectivity index (χ3v) is 2.66. The summed E-state index contributed by atoms with van der Waals surface area (Å²) in [6, 6.07) is -0.0362. The molecule has 4 heteroatoms. The zero-order valence-electron chi connectivity index (χ0n) is 7.95. The first-order valence-electron chi connectivity index (χ1n) is 4.88. The molecule has 74 valence electrons. The summed E-state index contributed by atoms with van der Waals surface area (Å²) >= 11 is 0. The average Bonchev–Trinajstić information content (AvgIpc) is 2.53. The van der Waals surface area contributed by atoms with Gasteiger partial charge in [0.05, 0.1) is 0 Å². The average molecular weight is 184 g/mol. The molecule has 0 spiro atoms. The van der Waals surface area contributed by atoms with Crippen LogP contribution in [0.5, 0.6) is 0 Å². The van der Waals surface area contributed by atoms with E-state index in [1.165, 1.54) is 0 Å². The lowest BCUT2D eigenvalue weighted by atomic mass is 10.2. The molecule has 1 unspecified atom stereocenters. The predicted molar refractivity (Wildman–Crippen MR) is 48.4 cm³/mol. The quantitative estimate of drug-likeness (QED) is 0.593. The minimum absolute atomic E-state index is 0.0362. The van der Waals surface area contributed by atoms with E-state index in [0.29, 0.717) is 0 Å². The summed E-state index contributed by atoms with van der Waals surface area (Å²) < 4.78 is 5.30. The van der Waals surface area contributed by atoms with Gasteiger partial charge in [-0.25, -0.2) is 0 Å². The number of likely N-dealkylation sites (N-methyl/N-ethyl adjacent to an activating group) is 1. The van der Waals surface area contributed by atoms with Gasteiger partial charge in [-0.05, 0) is 26.4 Å². The molecule has 13 heavy (non-hydrogen) atoms. The zero-order valence-corrected chi connectivity index (χ0v) is 7.95. The van der Waals surface area contributed by atoms with Gasteiger partial charge in [0, 0.05) is 13.1 Å². The first-order valence-corrected chi connectivity index (χ1v) is 4.88. The van der Waals surface area contributed by atoms with Gasteiger partial charge in [-0.3, -0.25) is 9.69 Å². The van der Waals surface area contributed by atoms with Crippen molar-refractivity contribution in [3.05, 3.63) is 0 Å². The summed E-state index contributed by atoms with van der Waals surface area (Å²) in [6.45, 7) is 2.72. The molecule has 0 aliphatic carbocycles. The van der Waals surface area contributed by atoms with Crippen molar-refractivity contribution in [1.82, 2.24) is 10.2 Å². The highest BCUT2D eigenvalue weighted by Crippen LogP contribution is 2.12. The van der Waals surface area contributed by atoms with Crippen LogP contribution < -0.4 is 5.32 Å². The highest BCUT2D eigenvalue weighted by Gasteiger charge is 2.30. The summed E-state index contributed by atoms with van der Waals surface area (Å²) in [5, 5.41) is 3.13. The molecule has 0 radical (unpaired) electrons. The summed E-state index contributed by atoms with van der Waals surface area (Å²) in [5.74, 6) is -0.0596. The Balaban J connectivity index is 1.72. The van der Waals surface area contributed by atoms with Crippen LogP contribution in [0.4, 0.5) is 0 Å². The van der Waals surface area contributed by atoms with Crippen LogP contribution >= 0.6 is 0 Å². The van der Waals surface area contributed by atoms with E-state index in [-0.39, 0.29) is 18.1 Å². The van der Waals surface area contributed by atoms with E-state index < -0.39 is 0 Å². The van der Waals surface area contributed by atoms with Gasteiger partial charge >= 0.3 is 5.97 Å². The lowest BCUT2D eigenvalue weighted by molar-refractivity contribution is -0.158. The van der Waals surface area contributed by atoms with Crippen molar-refractivity contribution in [1.29, 1.82) is 0 Å². The second-order valence-corrected chi connectivity index (χ2v) is 3.93. The predicted octanol–water partition coefficient (Wildman–Crippen LogP) is -0.404. The van der Waals surface area contributed by atoms with Gasteiger partial charge in [0.2, 0.25) is 0 Å². The monoisotopic (exact) mass is 184 g/mol. The number of rotatable bonds is 2. The van der Waals surface area contributed by atoms with Crippen LogP contribution in [-0.4, -0.2) is 49.7 Å². The van der Waals surface area contributed by atoms with Crippen molar-refractivity contribution < 1.29 is 9.53 Å². The number of carbonyl (C=O) groups is 1. The molecule has 0 aromatic rings. The van der Waals surface area contributed by atoms with Crippen molar-refractivity contribution in [3.8, 4) is 0 Å². The summed E-state index contributed by atoms with van der Waals surface area (Å²) in [7, 11) is 2.03. The van der Waals surface area contributed by atoms with Crippen LogP contribution in [-0.2, 0) is 9.53 Å². The van der Waals surface area contributed by atoms with Crippen LogP contribution in [0.1, 0.15) is 12.8 Å². The molecule has 2 aliphatic heterocycles. The highest BCUT2D eigenvalue weighted by molar-refractivity contribution is 5.76. The number of ether oxygens (including phenoxy) is 1. The van der Waals surface area contributed by atoms with Crippen LogP contribution in [0.15, 0.2) is 0 Å². The van der Waals surface area contributed by atoms with E-state index in [4.69, 9.17) is 4.74 Å². The number of hydrogen-bond donors (Lipinski definition) is 1. The van der Waals surface area contributed by atoms with E-state index in [9.17, 15) is 4.79 Å². The normalized spacial score (nSPS) is 30.1. The Labute approximate surface area is 78.2 Å². The Morgan fingerprint density at radius 1 is 1.54 bits per heavy atom. The smallest absolute Gasteiger partial charge is 0.323 e. The fraction of sp³-hybridized carbons (Fsp3) is 0.889. The Bertz CT molecular complexity index is 196. The standard InChI is InChI=1S/C9H16N2O2/c1-11-5-7(6-11)13-9(12)8-3-2-4-10-8/h7-8,10H,2-6H2,1H3. The second kappa shape index (κ2) is 3.64. The molecule has 4 nitrogen and oxygen atoms in total. The minimum atomic E-state index is -0.0596. The topological polar surface area (TPSA) is 41.6 Å². The SMILES string of the molecule is CN1CC(OC(=O)C2CCCN2)C1. The van der Waals surface area contributed by atoms with Gasteiger partial charge < -0.3 is 10.1 Å². The van der Waals surface area contributed by atoms with Crippen molar-refractivity contribution in [2.75, 3.05) is 26.7 Å². The maximum atomic E-state index is 11.5. The molecular formula is C9H16N2O2. The first-order chi connectivity index (χ1) is 6.25. The summed E-state index contributed by atoms with van der Waals surface area (Å²) in [6.07, 6.45) is 2.16. The number of carbonyl (C=O) groups excluding carboxylic acids is 1. The second-order valence-electron chi connectivity index (χ2n) is 3.93. The fourth-order valence-corrected chi connectivity index (χ4v) is 1.85. The molecule has 2 saturated heterocycles. The molecule has 0 bridgehead atoms. The van der Waals surface area contributed by atoms with Gasteiger partial charge in [-0.2, -0.15) is 0 Å². The number of esters is 1. The van der Waals surface area contributed by atoms with Crippen molar-refractivity contribution >= 4 is 5.97 Å². The molecule has 2 aliphatic rings. The third-order valence-electron chi connectivity index (χ3n) is 2.66. The van der Waals surface area contributed by atoms with E-state index in [1.807, 2.05) is 7.05 Å². The molecule has 0 saturated carbocycles. The minimum Gasteiger partial charge on any atom is -0.458 e. The van der Waals surface area contributed by atoms with E-state index in [1.54, 1.807) is 0 Å². The Morgan fingerprint density at radius 3 is 2.85 bits per heavy atom. The molecular weight excluding hydrogens is 168 g/mol. The summed E-state index contributed by atoms with van der Waals surface area (Å²) in [5.41, 5.74) is 0. The first kappa shape index (κ1) is 8.97. The Morgan fingerprint density at radius 2 is 2.31 bits per heavy atom. The van der Waals surface area contributed by atoms with Gasteiger partial charge in [0.1, 0.15) is 12.1 Å². The molecule has 2 rings (SSSR count). The number of hydrogen-bond acceptors (Lipinski definition) is 4. The Kier molecular flexibility index (Phi) is 2.51. The van der Waals surface area contributed by atoms with Crippen molar-refractivity contribution in [2.45, 2.75) is 25.0 Å². The van der Waals surface area contributed by atoms with Gasteiger partial charge in [0.15, 0.2) is 0 Å². The van der Waals surface area contributed by atoms with Crippen LogP contribution in [0.25, 0.3) is 0 Å². The number of nitrogens with one attached hydrogen (secondary N) is 1. The zero-order chi connectivity index (χ0) is 9.26. The summed E-state index contributed by atoms with van der Waals surface area (Å²) in [4.78, 5) is 13.6. The number of likely N-dealkylation sites (tertiary alicyclic amines) is 1. The largest absolute Gasteiger partial charge is 0.458 e. The lowest BCUT2D eigenvalue weighted by Gasteiger charge is -2.35. The molecule has 2 fully saturated rings. The molecule has 2 heterocycles. The van der Waals surface area contributed by atoms with Crippen LogP contribution in [0.3, 0.4) is 0 Å². The highest BCUT2D eigenvalue weighted by atomic mass is 16.5. The van der Waals surface area contributed by atoms with Gasteiger partial charge in [0.25, 0.3) is 0 Å². The van der Waals surface area contributed by atoms with Crippen molar-refractivity contribution in [3.63, 3.8) is 0 Å². The van der Waals surface area contributed by atoms with E-state index >= 15 is 0 Å². The van der Waals surface area contributed by atoms with Gasteiger partial charge in [-0.1, -0.05) is 0 Å². The van der Waals surface area contributed by atoms with Crippen LogP contribution in [0.2, 0.25) is 0 Å². The molecule has 0 aromatic heterocycles. The maximum absolute atomic E-state index is 11.5.